The third kappa shape index (κ3) is 2.94. The van der Waals surface area contributed by atoms with Gasteiger partial charge < -0.3 is 9.73 Å². The summed E-state index contributed by atoms with van der Waals surface area (Å²) in [5.74, 6) is 0.581. The maximum absolute atomic E-state index is 12.1. The van der Waals surface area contributed by atoms with E-state index >= 15 is 0 Å². The molecular formula is C17H16N2O2. The summed E-state index contributed by atoms with van der Waals surface area (Å²) in [7, 11) is 0. The number of rotatable bonds is 3. The molecule has 3 aromatic rings. The monoisotopic (exact) mass is 280 g/mol. The Morgan fingerprint density at radius 1 is 1.19 bits per heavy atom. The molecule has 2 aromatic carbocycles. The van der Waals surface area contributed by atoms with E-state index in [0.717, 1.165) is 27.9 Å². The average molecular weight is 280 g/mol. The molecule has 0 saturated heterocycles. The van der Waals surface area contributed by atoms with Crippen molar-refractivity contribution in [1.82, 2.24) is 4.98 Å². The Morgan fingerprint density at radius 2 is 2.00 bits per heavy atom. The Kier molecular flexibility index (Phi) is 3.44. The third-order valence-electron chi connectivity index (χ3n) is 3.39. The van der Waals surface area contributed by atoms with E-state index in [4.69, 9.17) is 4.42 Å². The minimum Gasteiger partial charge on any atom is -0.441 e. The number of oxazole rings is 1. The van der Waals surface area contributed by atoms with Crippen LogP contribution >= 0.6 is 0 Å². The first-order valence-corrected chi connectivity index (χ1v) is 6.83. The molecule has 0 radical (unpaired) electrons. The maximum atomic E-state index is 12.1. The fourth-order valence-corrected chi connectivity index (χ4v) is 2.31. The van der Waals surface area contributed by atoms with Crippen LogP contribution in [0.3, 0.4) is 0 Å². The molecule has 1 aromatic heterocycles. The lowest BCUT2D eigenvalue weighted by Gasteiger charge is -2.07. The Hall–Kier alpha value is -2.62. The number of amides is 1. The van der Waals surface area contributed by atoms with Gasteiger partial charge in [-0.25, -0.2) is 4.98 Å². The summed E-state index contributed by atoms with van der Waals surface area (Å²) in [5, 5.41) is 2.90. The molecule has 4 heteroatoms. The molecule has 21 heavy (non-hydrogen) atoms. The van der Waals surface area contributed by atoms with Gasteiger partial charge in [-0.15, -0.1) is 0 Å². The summed E-state index contributed by atoms with van der Waals surface area (Å²) >= 11 is 0. The van der Waals surface area contributed by atoms with E-state index in [0.29, 0.717) is 12.3 Å². The molecule has 0 saturated carbocycles. The smallest absolute Gasteiger partial charge is 0.228 e. The summed E-state index contributed by atoms with van der Waals surface area (Å²) in [6.07, 6.45) is 0.364. The van der Waals surface area contributed by atoms with Crippen LogP contribution in [0.25, 0.3) is 11.1 Å². The van der Waals surface area contributed by atoms with Crippen molar-refractivity contribution in [2.75, 3.05) is 5.32 Å². The van der Waals surface area contributed by atoms with E-state index in [9.17, 15) is 4.79 Å². The normalized spacial score (nSPS) is 10.8. The van der Waals surface area contributed by atoms with Crippen LogP contribution in [0.5, 0.6) is 0 Å². The Balaban J connectivity index is 1.75. The molecule has 0 spiro atoms. The van der Waals surface area contributed by atoms with Crippen molar-refractivity contribution >= 4 is 22.7 Å². The molecule has 0 atom stereocenters. The second-order valence-corrected chi connectivity index (χ2v) is 5.07. The van der Waals surface area contributed by atoms with Crippen LogP contribution in [-0.2, 0) is 11.2 Å². The van der Waals surface area contributed by atoms with Crippen molar-refractivity contribution in [3.63, 3.8) is 0 Å². The van der Waals surface area contributed by atoms with E-state index in [2.05, 4.69) is 10.3 Å². The highest BCUT2D eigenvalue weighted by atomic mass is 16.3. The van der Waals surface area contributed by atoms with Gasteiger partial charge in [0.15, 0.2) is 11.5 Å². The number of benzene rings is 2. The molecule has 3 rings (SSSR count). The second-order valence-electron chi connectivity index (χ2n) is 5.07. The van der Waals surface area contributed by atoms with Gasteiger partial charge >= 0.3 is 0 Å². The predicted molar refractivity (Wildman–Crippen MR) is 82.3 cm³/mol. The highest BCUT2D eigenvalue weighted by Gasteiger charge is 2.08. The molecule has 0 unspecified atom stereocenters. The highest BCUT2D eigenvalue weighted by molar-refractivity contribution is 5.94. The standard InChI is InChI=1S/C17H16N2O2/c1-11-5-3-4-6-13(11)9-17(20)19-14-7-8-16-15(10-14)18-12(2)21-16/h3-8,10H,9H2,1-2H3,(H,19,20). The average Bonchev–Trinajstić information content (AvgIpc) is 2.80. The number of hydrogen-bond acceptors (Lipinski definition) is 3. The molecule has 0 fully saturated rings. The van der Waals surface area contributed by atoms with Crippen LogP contribution in [-0.4, -0.2) is 10.9 Å². The first-order valence-electron chi connectivity index (χ1n) is 6.83. The molecule has 0 bridgehead atoms. The third-order valence-corrected chi connectivity index (χ3v) is 3.39. The molecule has 4 nitrogen and oxygen atoms in total. The van der Waals surface area contributed by atoms with E-state index in [-0.39, 0.29) is 5.91 Å². The zero-order valence-electron chi connectivity index (χ0n) is 12.0. The number of hydrogen-bond donors (Lipinski definition) is 1. The molecule has 1 N–H and O–H groups in total. The zero-order chi connectivity index (χ0) is 14.8. The molecule has 0 aliphatic heterocycles. The van der Waals surface area contributed by atoms with Crippen molar-refractivity contribution in [2.24, 2.45) is 0 Å². The van der Waals surface area contributed by atoms with Gasteiger partial charge in [-0.3, -0.25) is 4.79 Å². The topological polar surface area (TPSA) is 55.1 Å². The van der Waals surface area contributed by atoms with Crippen molar-refractivity contribution in [2.45, 2.75) is 20.3 Å². The quantitative estimate of drug-likeness (QED) is 0.797. The van der Waals surface area contributed by atoms with Gasteiger partial charge in [-0.2, -0.15) is 0 Å². The Morgan fingerprint density at radius 3 is 2.81 bits per heavy atom. The number of nitrogens with zero attached hydrogens (tertiary/aromatic N) is 1. The fraction of sp³-hybridized carbons (Fsp3) is 0.176. The van der Waals surface area contributed by atoms with Crippen LogP contribution in [0.2, 0.25) is 0 Å². The summed E-state index contributed by atoms with van der Waals surface area (Å²) < 4.78 is 5.42. The van der Waals surface area contributed by atoms with Gasteiger partial charge in [0.25, 0.3) is 0 Å². The number of aromatic nitrogens is 1. The lowest BCUT2D eigenvalue weighted by molar-refractivity contribution is -0.115. The summed E-state index contributed by atoms with van der Waals surface area (Å²) in [5.41, 5.74) is 4.36. The van der Waals surface area contributed by atoms with Crippen molar-refractivity contribution in [1.29, 1.82) is 0 Å². The summed E-state index contributed by atoms with van der Waals surface area (Å²) in [6, 6.07) is 13.4. The van der Waals surface area contributed by atoms with Gasteiger partial charge in [-0.05, 0) is 36.2 Å². The van der Waals surface area contributed by atoms with Crippen LogP contribution in [0, 0.1) is 13.8 Å². The molecule has 1 heterocycles. The predicted octanol–water partition coefficient (Wildman–Crippen LogP) is 3.63. The zero-order valence-corrected chi connectivity index (χ0v) is 12.0. The maximum Gasteiger partial charge on any atom is 0.228 e. The minimum absolute atomic E-state index is 0.0381. The van der Waals surface area contributed by atoms with Crippen molar-refractivity contribution in [3.8, 4) is 0 Å². The number of carbonyl (C=O) groups is 1. The molecular weight excluding hydrogens is 264 g/mol. The molecule has 106 valence electrons. The van der Waals surface area contributed by atoms with E-state index in [1.165, 1.54) is 0 Å². The van der Waals surface area contributed by atoms with Gasteiger partial charge in [0.1, 0.15) is 5.52 Å². The van der Waals surface area contributed by atoms with Gasteiger partial charge in [0.05, 0.1) is 6.42 Å². The number of carbonyl (C=O) groups excluding carboxylic acids is 1. The first-order chi connectivity index (χ1) is 10.1. The van der Waals surface area contributed by atoms with E-state index in [1.807, 2.05) is 49.4 Å². The van der Waals surface area contributed by atoms with Crippen molar-refractivity contribution in [3.05, 3.63) is 59.5 Å². The second kappa shape index (κ2) is 5.40. The number of fused-ring (bicyclic) bond motifs is 1. The summed E-state index contributed by atoms with van der Waals surface area (Å²) in [4.78, 5) is 16.4. The van der Waals surface area contributed by atoms with Crippen LogP contribution < -0.4 is 5.32 Å². The lowest BCUT2D eigenvalue weighted by Crippen LogP contribution is -2.14. The highest BCUT2D eigenvalue weighted by Crippen LogP contribution is 2.20. The van der Waals surface area contributed by atoms with E-state index < -0.39 is 0 Å². The van der Waals surface area contributed by atoms with Gasteiger partial charge in [0.2, 0.25) is 5.91 Å². The van der Waals surface area contributed by atoms with Gasteiger partial charge in [-0.1, -0.05) is 24.3 Å². The lowest BCUT2D eigenvalue weighted by atomic mass is 10.1. The number of anilines is 1. The minimum atomic E-state index is -0.0381. The van der Waals surface area contributed by atoms with E-state index in [1.54, 1.807) is 6.92 Å². The SMILES string of the molecule is Cc1nc2cc(NC(=O)Cc3ccccc3C)ccc2o1. The molecule has 0 aliphatic rings. The summed E-state index contributed by atoms with van der Waals surface area (Å²) in [6.45, 7) is 3.81. The van der Waals surface area contributed by atoms with Crippen molar-refractivity contribution < 1.29 is 9.21 Å². The van der Waals surface area contributed by atoms with Crippen LogP contribution in [0.15, 0.2) is 46.9 Å². The Bertz CT molecular complexity index is 805. The number of aryl methyl sites for hydroxylation is 2. The number of nitrogens with one attached hydrogen (secondary N) is 1. The van der Waals surface area contributed by atoms with Crippen LogP contribution in [0.1, 0.15) is 17.0 Å². The molecule has 1 amide bonds. The first kappa shape index (κ1) is 13.4. The van der Waals surface area contributed by atoms with Gasteiger partial charge in [0, 0.05) is 12.6 Å². The Labute approximate surface area is 122 Å². The molecule has 0 aliphatic carbocycles. The largest absolute Gasteiger partial charge is 0.441 e. The fourth-order valence-electron chi connectivity index (χ4n) is 2.31. The van der Waals surface area contributed by atoms with Crippen LogP contribution in [0.4, 0.5) is 5.69 Å².